The molecule has 0 aliphatic carbocycles. The van der Waals surface area contributed by atoms with Crippen molar-refractivity contribution in [1.82, 2.24) is 4.72 Å². The number of sulfonamides is 1. The molecule has 8 heteroatoms. The monoisotopic (exact) mass is 363 g/mol. The molecular weight excluding hydrogens is 357 g/mol. The number of benzene rings is 1. The van der Waals surface area contributed by atoms with Crippen molar-refractivity contribution in [3.05, 3.63) is 50.9 Å². The maximum Gasteiger partial charge on any atom is 0.276 e. The lowest BCUT2D eigenvalue weighted by Crippen LogP contribution is -2.30. The van der Waals surface area contributed by atoms with Gasteiger partial charge in [-0.2, -0.15) is 0 Å². The first-order valence-electron chi connectivity index (χ1n) is 4.96. The van der Waals surface area contributed by atoms with E-state index in [1.807, 2.05) is 4.72 Å². The van der Waals surface area contributed by atoms with Crippen molar-refractivity contribution in [2.45, 2.75) is 4.90 Å². The van der Waals surface area contributed by atoms with Gasteiger partial charge in [0, 0.05) is 4.47 Å². The minimum atomic E-state index is -4.00. The van der Waals surface area contributed by atoms with E-state index in [2.05, 4.69) is 15.9 Å². The van der Waals surface area contributed by atoms with Crippen molar-refractivity contribution in [3.8, 4) is 0 Å². The minimum Gasteiger partial charge on any atom is -0.267 e. The van der Waals surface area contributed by atoms with Crippen LogP contribution in [0, 0.1) is 5.82 Å². The molecule has 1 amide bonds. The smallest absolute Gasteiger partial charge is 0.267 e. The molecule has 1 aromatic carbocycles. The lowest BCUT2D eigenvalue weighted by atomic mass is 10.4. The Hall–Kier alpha value is -1.25. The number of rotatable bonds is 3. The molecule has 0 fully saturated rings. The molecule has 0 spiro atoms. The molecule has 0 unspecified atom stereocenters. The summed E-state index contributed by atoms with van der Waals surface area (Å²) in [6.07, 6.45) is 0. The molecule has 2 aromatic rings. The summed E-state index contributed by atoms with van der Waals surface area (Å²) in [5, 5.41) is 1.66. The highest BCUT2D eigenvalue weighted by molar-refractivity contribution is 9.10. The van der Waals surface area contributed by atoms with Crippen molar-refractivity contribution in [3.63, 3.8) is 0 Å². The molecule has 0 saturated carbocycles. The zero-order valence-corrected chi connectivity index (χ0v) is 12.5. The Labute approximate surface area is 121 Å². The summed E-state index contributed by atoms with van der Waals surface area (Å²) in [6.45, 7) is 0. The lowest BCUT2D eigenvalue weighted by Gasteiger charge is -2.06. The maximum absolute atomic E-state index is 12.7. The molecule has 0 radical (unpaired) electrons. The van der Waals surface area contributed by atoms with Crippen LogP contribution < -0.4 is 4.72 Å². The van der Waals surface area contributed by atoms with Crippen LogP contribution >= 0.6 is 27.3 Å². The number of thiophene rings is 1. The summed E-state index contributed by atoms with van der Waals surface area (Å²) in [4.78, 5) is 11.9. The van der Waals surface area contributed by atoms with E-state index in [1.54, 1.807) is 11.4 Å². The quantitative estimate of drug-likeness (QED) is 0.911. The summed E-state index contributed by atoms with van der Waals surface area (Å²) in [6, 6.07) is 5.85. The third-order valence-electron chi connectivity index (χ3n) is 2.17. The summed E-state index contributed by atoms with van der Waals surface area (Å²) >= 11 is 4.26. The highest BCUT2D eigenvalue weighted by Crippen LogP contribution is 2.23. The zero-order chi connectivity index (χ0) is 14.0. The van der Waals surface area contributed by atoms with E-state index in [0.29, 0.717) is 4.47 Å². The van der Waals surface area contributed by atoms with Crippen molar-refractivity contribution in [2.24, 2.45) is 0 Å². The van der Waals surface area contributed by atoms with Crippen LogP contribution in [-0.4, -0.2) is 14.3 Å². The van der Waals surface area contributed by atoms with Gasteiger partial charge in [-0.25, -0.2) is 17.5 Å². The molecule has 0 saturated heterocycles. The number of hydrogen-bond acceptors (Lipinski definition) is 4. The molecule has 2 rings (SSSR count). The second-order valence-corrected chi connectivity index (χ2v) is 6.94. The topological polar surface area (TPSA) is 63.2 Å². The summed E-state index contributed by atoms with van der Waals surface area (Å²) in [5.74, 6) is -1.28. The van der Waals surface area contributed by atoms with Crippen LogP contribution in [0.2, 0.25) is 0 Å². The molecule has 1 heterocycles. The van der Waals surface area contributed by atoms with Gasteiger partial charge in [0.25, 0.3) is 15.9 Å². The van der Waals surface area contributed by atoms with Gasteiger partial charge < -0.3 is 0 Å². The van der Waals surface area contributed by atoms with Gasteiger partial charge in [0.2, 0.25) is 0 Å². The maximum atomic E-state index is 12.7. The van der Waals surface area contributed by atoms with E-state index < -0.39 is 21.7 Å². The van der Waals surface area contributed by atoms with E-state index >= 15 is 0 Å². The molecule has 0 aliphatic heterocycles. The highest BCUT2D eigenvalue weighted by atomic mass is 79.9. The van der Waals surface area contributed by atoms with Crippen LogP contribution in [-0.2, 0) is 10.0 Å². The number of carbonyl (C=O) groups excluding carboxylic acids is 1. The molecule has 0 atom stereocenters. The van der Waals surface area contributed by atoms with Gasteiger partial charge >= 0.3 is 0 Å². The van der Waals surface area contributed by atoms with Gasteiger partial charge in [-0.15, -0.1) is 11.3 Å². The van der Waals surface area contributed by atoms with Crippen LogP contribution in [0.4, 0.5) is 4.39 Å². The van der Waals surface area contributed by atoms with Crippen molar-refractivity contribution < 1.29 is 17.6 Å². The Balaban J connectivity index is 2.25. The molecule has 1 N–H and O–H groups in total. The van der Waals surface area contributed by atoms with Crippen molar-refractivity contribution >= 4 is 43.2 Å². The summed E-state index contributed by atoms with van der Waals surface area (Å²) in [5.41, 5.74) is 0. The van der Waals surface area contributed by atoms with Gasteiger partial charge in [0.15, 0.2) is 0 Å². The normalized spacial score (nSPS) is 11.3. The molecular formula is C11H7BrFNO3S2. The van der Waals surface area contributed by atoms with Gasteiger partial charge in [0.05, 0.1) is 4.90 Å². The molecule has 4 nitrogen and oxygen atoms in total. The van der Waals surface area contributed by atoms with Gasteiger partial charge in [-0.1, -0.05) is 0 Å². The van der Waals surface area contributed by atoms with Gasteiger partial charge in [0.1, 0.15) is 10.7 Å². The Morgan fingerprint density at radius 2 is 1.84 bits per heavy atom. The Kier molecular flexibility index (Phi) is 4.02. The third-order valence-corrected chi connectivity index (χ3v) is 5.36. The highest BCUT2D eigenvalue weighted by Gasteiger charge is 2.20. The summed E-state index contributed by atoms with van der Waals surface area (Å²) in [7, 11) is -4.00. The average molecular weight is 364 g/mol. The fourth-order valence-corrected chi connectivity index (χ4v) is 3.77. The molecule has 0 bridgehead atoms. The predicted molar refractivity (Wildman–Crippen MR) is 73.1 cm³/mol. The Bertz CT molecular complexity index is 710. The van der Waals surface area contributed by atoms with E-state index in [-0.39, 0.29) is 9.77 Å². The van der Waals surface area contributed by atoms with Crippen LogP contribution in [0.15, 0.2) is 45.1 Å². The van der Waals surface area contributed by atoms with E-state index in [1.165, 1.54) is 0 Å². The first kappa shape index (κ1) is 14.2. The van der Waals surface area contributed by atoms with Crippen LogP contribution in [0.1, 0.15) is 9.67 Å². The molecule has 0 aliphatic rings. The Morgan fingerprint density at radius 1 is 1.21 bits per heavy atom. The predicted octanol–water partition coefficient (Wildman–Crippen LogP) is 2.77. The fourth-order valence-electron chi connectivity index (χ4n) is 1.30. The minimum absolute atomic E-state index is 0.171. The number of halogens is 2. The zero-order valence-electron chi connectivity index (χ0n) is 9.26. The first-order chi connectivity index (χ1) is 8.90. The van der Waals surface area contributed by atoms with Crippen molar-refractivity contribution in [2.75, 3.05) is 0 Å². The number of amides is 1. The van der Waals surface area contributed by atoms with E-state index in [4.69, 9.17) is 0 Å². The van der Waals surface area contributed by atoms with Crippen LogP contribution in [0.25, 0.3) is 0 Å². The molecule has 100 valence electrons. The van der Waals surface area contributed by atoms with Crippen LogP contribution in [0.5, 0.6) is 0 Å². The van der Waals surface area contributed by atoms with E-state index in [0.717, 1.165) is 35.6 Å². The fraction of sp³-hybridized carbons (Fsp3) is 0. The van der Waals surface area contributed by atoms with Gasteiger partial charge in [-0.05, 0) is 51.6 Å². The first-order valence-corrected chi connectivity index (χ1v) is 8.11. The second-order valence-electron chi connectivity index (χ2n) is 3.49. The number of hydrogen-bond donors (Lipinski definition) is 1. The largest absolute Gasteiger partial charge is 0.276 e. The molecule has 19 heavy (non-hydrogen) atoms. The van der Waals surface area contributed by atoms with Crippen LogP contribution in [0.3, 0.4) is 0 Å². The Morgan fingerprint density at radius 3 is 2.37 bits per heavy atom. The van der Waals surface area contributed by atoms with E-state index in [9.17, 15) is 17.6 Å². The summed E-state index contributed by atoms with van der Waals surface area (Å²) < 4.78 is 39.0. The number of carbonyl (C=O) groups is 1. The third kappa shape index (κ3) is 3.20. The lowest BCUT2D eigenvalue weighted by molar-refractivity contribution is 0.0984. The standard InChI is InChI=1S/C11H7BrFNO3S2/c12-9-5-6-18-10(9)11(15)14-19(16,17)8-3-1-7(13)2-4-8/h1-6H,(H,14,15). The van der Waals surface area contributed by atoms with Crippen molar-refractivity contribution in [1.29, 1.82) is 0 Å². The number of nitrogens with one attached hydrogen (secondary N) is 1. The SMILES string of the molecule is O=C(NS(=O)(=O)c1ccc(F)cc1)c1sccc1Br. The van der Waals surface area contributed by atoms with Gasteiger partial charge in [-0.3, -0.25) is 4.79 Å². The molecule has 1 aromatic heterocycles. The average Bonchev–Trinajstić information content (AvgIpc) is 2.75. The second kappa shape index (κ2) is 5.40.